The molecule has 1 amide bonds. The van der Waals surface area contributed by atoms with Gasteiger partial charge in [-0.05, 0) is 49.9 Å². The number of ketones is 1. The van der Waals surface area contributed by atoms with Gasteiger partial charge in [0, 0.05) is 12.2 Å². The number of carbonyl (C=O) groups is 2. The minimum Gasteiger partial charge on any atom is -0.376 e. The van der Waals surface area contributed by atoms with Gasteiger partial charge in [0.15, 0.2) is 5.78 Å². The smallest absolute Gasteiger partial charge is 0.376 e. The lowest BCUT2D eigenvalue weighted by Gasteiger charge is -2.33. The van der Waals surface area contributed by atoms with Gasteiger partial charge in [0.1, 0.15) is 17.9 Å². The van der Waals surface area contributed by atoms with E-state index in [-0.39, 0.29) is 35.3 Å². The zero-order valence-corrected chi connectivity index (χ0v) is 17.3. The highest BCUT2D eigenvalue weighted by Crippen LogP contribution is 2.36. The Morgan fingerprint density at radius 3 is 2.69 bits per heavy atom. The quantitative estimate of drug-likeness (QED) is 0.562. The number of aromatic nitrogens is 2. The standard InChI is InChI=1S/C22H20F4N4O2/c1-13-12-29(15-5-6-17(22(24,25)26)14(9-15)10-23)20(32)18-16(11-28-30(13)18)19(31)21(2)7-3-4-8-27-21/h3-9,11,13,27H,10,12H2,1-2H3/t13-,21?/m0/s1. The van der Waals surface area contributed by atoms with Gasteiger partial charge in [0.25, 0.3) is 5.91 Å². The molecule has 2 aliphatic rings. The highest BCUT2D eigenvalue weighted by Gasteiger charge is 2.40. The number of nitrogens with one attached hydrogen (secondary N) is 1. The van der Waals surface area contributed by atoms with Crippen molar-refractivity contribution in [3.05, 3.63) is 71.2 Å². The molecule has 1 aromatic heterocycles. The van der Waals surface area contributed by atoms with Crippen LogP contribution in [-0.2, 0) is 12.9 Å². The Balaban J connectivity index is 1.74. The molecule has 0 saturated heterocycles. The number of hydrogen-bond donors (Lipinski definition) is 1. The molecular formula is C22H20F4N4O2. The van der Waals surface area contributed by atoms with E-state index in [2.05, 4.69) is 10.4 Å². The van der Waals surface area contributed by atoms with Crippen LogP contribution < -0.4 is 10.2 Å². The van der Waals surface area contributed by atoms with E-state index in [4.69, 9.17) is 0 Å². The number of amides is 1. The third-order valence-electron chi connectivity index (χ3n) is 5.69. The van der Waals surface area contributed by atoms with Crippen LogP contribution in [0.2, 0.25) is 0 Å². The van der Waals surface area contributed by atoms with Gasteiger partial charge in [0.2, 0.25) is 0 Å². The molecule has 4 rings (SSSR count). The van der Waals surface area contributed by atoms with Crippen molar-refractivity contribution in [3.63, 3.8) is 0 Å². The van der Waals surface area contributed by atoms with Crippen LogP contribution in [0.15, 0.2) is 48.8 Å². The van der Waals surface area contributed by atoms with Gasteiger partial charge in [0.05, 0.1) is 23.4 Å². The van der Waals surface area contributed by atoms with Crippen molar-refractivity contribution < 1.29 is 27.2 Å². The minimum absolute atomic E-state index is 0.0430. The van der Waals surface area contributed by atoms with Crippen LogP contribution in [0.5, 0.6) is 0 Å². The molecule has 0 spiro atoms. The average molecular weight is 448 g/mol. The number of nitrogens with zero attached hydrogens (tertiary/aromatic N) is 3. The van der Waals surface area contributed by atoms with Crippen LogP contribution in [0.1, 0.15) is 51.9 Å². The average Bonchev–Trinajstić information content (AvgIpc) is 3.21. The Morgan fingerprint density at radius 1 is 1.31 bits per heavy atom. The van der Waals surface area contributed by atoms with Gasteiger partial charge < -0.3 is 10.2 Å². The van der Waals surface area contributed by atoms with E-state index in [9.17, 15) is 27.2 Å². The number of alkyl halides is 4. The molecule has 3 heterocycles. The summed E-state index contributed by atoms with van der Waals surface area (Å²) in [4.78, 5) is 27.9. The number of halogens is 4. The Hall–Kier alpha value is -3.43. The van der Waals surface area contributed by atoms with Crippen molar-refractivity contribution in [3.8, 4) is 0 Å². The van der Waals surface area contributed by atoms with E-state index in [1.54, 1.807) is 38.3 Å². The maximum Gasteiger partial charge on any atom is 0.416 e. The van der Waals surface area contributed by atoms with Crippen LogP contribution in [0.25, 0.3) is 0 Å². The number of fused-ring (bicyclic) bond motifs is 1. The number of carbonyl (C=O) groups excluding carboxylic acids is 2. The van der Waals surface area contributed by atoms with Crippen LogP contribution in [0.4, 0.5) is 23.2 Å². The van der Waals surface area contributed by atoms with Crippen LogP contribution in [-0.4, -0.2) is 33.6 Å². The number of allylic oxidation sites excluding steroid dienone is 2. The highest BCUT2D eigenvalue weighted by atomic mass is 19.4. The number of hydrogen-bond acceptors (Lipinski definition) is 4. The molecule has 0 radical (unpaired) electrons. The predicted octanol–water partition coefficient (Wildman–Crippen LogP) is 4.21. The molecule has 0 fully saturated rings. The SMILES string of the molecule is C[C@H]1CN(c2ccc(C(F)(F)F)c(CF)c2)C(=O)c2c(C(=O)C3(C)C=CC=CN3)cnn21. The van der Waals surface area contributed by atoms with Crippen LogP contribution in [0.3, 0.4) is 0 Å². The summed E-state index contributed by atoms with van der Waals surface area (Å²) in [6, 6.07) is 2.57. The molecule has 2 atom stereocenters. The molecule has 2 aromatic rings. The molecule has 0 aliphatic carbocycles. The van der Waals surface area contributed by atoms with Crippen LogP contribution >= 0.6 is 0 Å². The summed E-state index contributed by atoms with van der Waals surface area (Å²) in [6.07, 6.45) is 3.34. The number of benzene rings is 1. The van der Waals surface area contributed by atoms with Crippen molar-refractivity contribution in [2.24, 2.45) is 0 Å². The fraction of sp³-hybridized carbons (Fsp3) is 0.318. The number of dihydropyridines is 1. The van der Waals surface area contributed by atoms with E-state index in [1.807, 2.05) is 0 Å². The summed E-state index contributed by atoms with van der Waals surface area (Å²) in [7, 11) is 0. The van der Waals surface area contributed by atoms with E-state index < -0.39 is 35.4 Å². The normalized spacial score (nSPS) is 22.6. The molecule has 168 valence electrons. The first-order valence-corrected chi connectivity index (χ1v) is 9.89. The van der Waals surface area contributed by atoms with Crippen molar-refractivity contribution in [2.45, 2.75) is 38.3 Å². The second kappa shape index (κ2) is 7.61. The predicted molar refractivity (Wildman–Crippen MR) is 109 cm³/mol. The van der Waals surface area contributed by atoms with E-state index in [0.29, 0.717) is 0 Å². The summed E-state index contributed by atoms with van der Waals surface area (Å²) < 4.78 is 54.2. The van der Waals surface area contributed by atoms with Gasteiger partial charge in [-0.2, -0.15) is 18.3 Å². The lowest BCUT2D eigenvalue weighted by atomic mass is 9.89. The Labute approximate surface area is 181 Å². The first-order valence-electron chi connectivity index (χ1n) is 9.89. The van der Waals surface area contributed by atoms with Crippen molar-refractivity contribution in [2.75, 3.05) is 11.4 Å². The van der Waals surface area contributed by atoms with E-state index in [0.717, 1.165) is 18.2 Å². The summed E-state index contributed by atoms with van der Waals surface area (Å²) >= 11 is 0. The molecule has 32 heavy (non-hydrogen) atoms. The summed E-state index contributed by atoms with van der Waals surface area (Å²) in [5.74, 6) is -0.967. The van der Waals surface area contributed by atoms with Crippen LogP contribution in [0, 0.1) is 0 Å². The Bertz CT molecular complexity index is 1150. The molecular weight excluding hydrogens is 428 g/mol. The molecule has 0 saturated carbocycles. The van der Waals surface area contributed by atoms with E-state index in [1.165, 1.54) is 15.8 Å². The van der Waals surface area contributed by atoms with Gasteiger partial charge in [-0.25, -0.2) is 4.39 Å². The molecule has 10 heteroatoms. The molecule has 0 bridgehead atoms. The largest absolute Gasteiger partial charge is 0.416 e. The third-order valence-corrected chi connectivity index (χ3v) is 5.69. The monoisotopic (exact) mass is 448 g/mol. The lowest BCUT2D eigenvalue weighted by molar-refractivity contribution is -0.138. The first kappa shape index (κ1) is 21.8. The maximum absolute atomic E-state index is 13.4. The Morgan fingerprint density at radius 2 is 2.06 bits per heavy atom. The molecule has 1 aromatic carbocycles. The van der Waals surface area contributed by atoms with Gasteiger partial charge >= 0.3 is 6.18 Å². The lowest BCUT2D eigenvalue weighted by Crippen LogP contribution is -2.48. The van der Waals surface area contributed by atoms with Gasteiger partial charge in [-0.1, -0.05) is 12.2 Å². The van der Waals surface area contributed by atoms with E-state index >= 15 is 0 Å². The third kappa shape index (κ3) is 3.49. The van der Waals surface area contributed by atoms with Gasteiger partial charge in [-0.15, -0.1) is 0 Å². The minimum atomic E-state index is -4.71. The van der Waals surface area contributed by atoms with Crippen molar-refractivity contribution in [1.29, 1.82) is 0 Å². The maximum atomic E-state index is 13.4. The fourth-order valence-corrected chi connectivity index (χ4v) is 3.98. The first-order chi connectivity index (χ1) is 15.1. The highest BCUT2D eigenvalue weighted by molar-refractivity contribution is 6.16. The van der Waals surface area contributed by atoms with Gasteiger partial charge in [-0.3, -0.25) is 14.3 Å². The fourth-order valence-electron chi connectivity index (χ4n) is 3.98. The number of anilines is 1. The second-order valence-corrected chi connectivity index (χ2v) is 7.98. The topological polar surface area (TPSA) is 67.2 Å². The summed E-state index contributed by atoms with van der Waals surface area (Å²) in [5.41, 5.74) is -2.46. The second-order valence-electron chi connectivity index (χ2n) is 7.98. The number of Topliss-reactive ketones (excluding diaryl/α,β-unsaturated/α-hetero) is 1. The zero-order chi connectivity index (χ0) is 23.3. The molecule has 6 nitrogen and oxygen atoms in total. The molecule has 1 unspecified atom stereocenters. The summed E-state index contributed by atoms with van der Waals surface area (Å²) in [6.45, 7) is 2.22. The van der Waals surface area contributed by atoms with Crippen molar-refractivity contribution in [1.82, 2.24) is 15.1 Å². The van der Waals surface area contributed by atoms with Crippen molar-refractivity contribution >= 4 is 17.4 Å². The zero-order valence-electron chi connectivity index (χ0n) is 17.3. The number of rotatable bonds is 4. The Kier molecular flexibility index (Phi) is 5.18. The summed E-state index contributed by atoms with van der Waals surface area (Å²) in [5, 5.41) is 7.18. The molecule has 1 N–H and O–H groups in total. The molecule has 2 aliphatic heterocycles.